The van der Waals surface area contributed by atoms with Gasteiger partial charge in [-0.2, -0.15) is 0 Å². The third-order valence-corrected chi connectivity index (χ3v) is 6.97. The molecule has 3 aromatic heterocycles. The molecule has 9 nitrogen and oxygen atoms in total. The molecular weight excluding hydrogens is 464 g/mol. The van der Waals surface area contributed by atoms with Gasteiger partial charge in [-0.15, -0.1) is 11.3 Å². The number of nitrogens with one attached hydrogen (secondary N) is 2. The van der Waals surface area contributed by atoms with Crippen LogP contribution < -0.4 is 10.6 Å². The maximum Gasteiger partial charge on any atom is 0.228 e. The molecule has 0 spiro atoms. The first-order chi connectivity index (χ1) is 15.6. The van der Waals surface area contributed by atoms with Crippen LogP contribution >= 0.6 is 22.9 Å². The average molecular weight is 489 g/mol. The van der Waals surface area contributed by atoms with Crippen LogP contribution in [0.5, 0.6) is 0 Å². The first-order valence-corrected chi connectivity index (χ1v) is 11.7. The molecule has 1 amide bonds. The number of rotatable bonds is 4. The Bertz CT molecular complexity index is 1260. The van der Waals surface area contributed by atoms with Crippen LogP contribution in [0.15, 0.2) is 18.5 Å². The summed E-state index contributed by atoms with van der Waals surface area (Å²) in [5, 5.41) is 27.4. The number of amides is 1. The highest BCUT2D eigenvalue weighted by molar-refractivity contribution is 7.16. The zero-order valence-electron chi connectivity index (χ0n) is 18.6. The van der Waals surface area contributed by atoms with Gasteiger partial charge in [-0.05, 0) is 51.2 Å². The number of imidazole rings is 1. The summed E-state index contributed by atoms with van der Waals surface area (Å²) in [6.45, 7) is 5.61. The summed E-state index contributed by atoms with van der Waals surface area (Å²) in [6.07, 6.45) is -0.648. The van der Waals surface area contributed by atoms with Crippen LogP contribution in [0.2, 0.25) is 4.34 Å². The predicted octanol–water partition coefficient (Wildman–Crippen LogP) is 2.18. The fourth-order valence-electron chi connectivity index (χ4n) is 4.13. The molecule has 0 unspecified atom stereocenters. The van der Waals surface area contributed by atoms with Crippen LogP contribution in [0.4, 0.5) is 5.82 Å². The van der Waals surface area contributed by atoms with Crippen LogP contribution in [0, 0.1) is 17.3 Å². The normalized spacial score (nSPS) is 24.7. The van der Waals surface area contributed by atoms with Gasteiger partial charge in [-0.1, -0.05) is 11.6 Å². The number of carbonyl (C=O) groups excluding carboxylic acids is 1. The molecule has 0 saturated heterocycles. The zero-order valence-corrected chi connectivity index (χ0v) is 20.2. The number of nitrogens with zero attached hydrogens (tertiary/aromatic N) is 4. The number of hydrogen-bond donors (Lipinski definition) is 4. The second-order valence-electron chi connectivity index (χ2n) is 8.58. The van der Waals surface area contributed by atoms with Gasteiger partial charge in [0.2, 0.25) is 11.7 Å². The van der Waals surface area contributed by atoms with Gasteiger partial charge in [0.05, 0.1) is 33.1 Å². The number of aliphatic hydroxyl groups excluding tert-OH is 2. The van der Waals surface area contributed by atoms with Crippen molar-refractivity contribution in [3.63, 3.8) is 0 Å². The Morgan fingerprint density at radius 2 is 2.09 bits per heavy atom. The fraction of sp³-hybridized carbons (Fsp3) is 0.455. The van der Waals surface area contributed by atoms with Gasteiger partial charge in [0.15, 0.2) is 17.0 Å². The number of hydrogen-bond acceptors (Lipinski definition) is 8. The minimum Gasteiger partial charge on any atom is -0.389 e. The quantitative estimate of drug-likeness (QED) is 0.415. The summed E-state index contributed by atoms with van der Waals surface area (Å²) in [5.74, 6) is 6.45. The highest BCUT2D eigenvalue weighted by Crippen LogP contribution is 2.45. The molecule has 4 atom stereocenters. The van der Waals surface area contributed by atoms with E-state index in [0.717, 1.165) is 4.88 Å². The Kier molecular flexibility index (Phi) is 6.33. The minimum atomic E-state index is -1.24. The highest BCUT2D eigenvalue weighted by atomic mass is 35.5. The SMILES string of the molecule is CNC(=O)[C@@]1(C)C[C@@H](n2cnc3c(NC(C)C)nc(C#Cc4ccc(Cl)s4)nc32)[C@H](O)[C@@H]1O. The molecule has 4 rings (SSSR count). The molecular formula is C22H25ClN6O3S. The van der Waals surface area contributed by atoms with Crippen molar-refractivity contribution in [3.05, 3.63) is 33.5 Å². The van der Waals surface area contributed by atoms with Gasteiger partial charge in [0.1, 0.15) is 6.10 Å². The number of aliphatic hydroxyl groups is 2. The van der Waals surface area contributed by atoms with E-state index < -0.39 is 23.7 Å². The lowest BCUT2D eigenvalue weighted by molar-refractivity contribution is -0.136. The number of thiophene rings is 1. The van der Waals surface area contributed by atoms with Crippen molar-refractivity contribution in [2.45, 2.75) is 51.5 Å². The maximum absolute atomic E-state index is 12.5. The van der Waals surface area contributed by atoms with Crippen LogP contribution in [-0.4, -0.2) is 60.9 Å². The molecule has 11 heteroatoms. The standard InChI is InChI=1S/C22H25ClN6O3S/c1-11(2)26-19-16-20(28-15(27-19)8-6-12-5-7-14(23)33-12)29(10-25-16)13-9-22(3,21(32)24-4)18(31)17(13)30/h5,7,10-11,13,17-18,30-31H,9H2,1-4H3,(H,24,32)(H,26,27,28)/t13-,17+,18+,22+/m1/s1. The lowest BCUT2D eigenvalue weighted by Crippen LogP contribution is -2.45. The lowest BCUT2D eigenvalue weighted by atomic mass is 9.85. The van der Waals surface area contributed by atoms with Crippen molar-refractivity contribution in [2.24, 2.45) is 5.41 Å². The predicted molar refractivity (Wildman–Crippen MR) is 127 cm³/mol. The average Bonchev–Trinajstić information content (AvgIpc) is 3.45. The summed E-state index contributed by atoms with van der Waals surface area (Å²) in [6, 6.07) is 3.08. The van der Waals surface area contributed by atoms with Crippen LogP contribution in [0.1, 0.15) is 43.9 Å². The molecule has 1 saturated carbocycles. The molecule has 3 aromatic rings. The van der Waals surface area contributed by atoms with E-state index in [1.54, 1.807) is 23.9 Å². The lowest BCUT2D eigenvalue weighted by Gasteiger charge is -2.26. The van der Waals surface area contributed by atoms with Crippen molar-refractivity contribution < 1.29 is 15.0 Å². The van der Waals surface area contributed by atoms with Crippen molar-refractivity contribution in [1.29, 1.82) is 0 Å². The molecule has 33 heavy (non-hydrogen) atoms. The largest absolute Gasteiger partial charge is 0.389 e. The van der Waals surface area contributed by atoms with E-state index in [0.29, 0.717) is 21.3 Å². The van der Waals surface area contributed by atoms with Crippen molar-refractivity contribution in [2.75, 3.05) is 12.4 Å². The second kappa shape index (κ2) is 8.91. The van der Waals surface area contributed by atoms with Crippen LogP contribution in [-0.2, 0) is 4.79 Å². The zero-order chi connectivity index (χ0) is 23.9. The molecule has 0 radical (unpaired) electrons. The summed E-state index contributed by atoms with van der Waals surface area (Å²) < 4.78 is 2.33. The third kappa shape index (κ3) is 4.29. The van der Waals surface area contributed by atoms with E-state index in [2.05, 4.69) is 37.4 Å². The molecule has 3 heterocycles. The summed E-state index contributed by atoms with van der Waals surface area (Å²) in [5.41, 5.74) is -0.176. The molecule has 1 fully saturated rings. The smallest absolute Gasteiger partial charge is 0.228 e. The van der Waals surface area contributed by atoms with Crippen LogP contribution in [0.3, 0.4) is 0 Å². The molecule has 0 aliphatic heterocycles. The molecule has 1 aliphatic carbocycles. The molecule has 1 aliphatic rings. The van der Waals surface area contributed by atoms with Crippen molar-refractivity contribution in [3.8, 4) is 11.8 Å². The Morgan fingerprint density at radius 3 is 2.73 bits per heavy atom. The number of fused-ring (bicyclic) bond motifs is 1. The molecule has 4 N–H and O–H groups in total. The number of halogens is 1. The van der Waals surface area contributed by atoms with Gasteiger partial charge < -0.3 is 25.4 Å². The topological polar surface area (TPSA) is 125 Å². The Balaban J connectivity index is 1.80. The molecule has 174 valence electrons. The molecule has 0 aromatic carbocycles. The van der Waals surface area contributed by atoms with Crippen LogP contribution in [0.25, 0.3) is 11.2 Å². The number of aromatic nitrogens is 4. The summed E-state index contributed by atoms with van der Waals surface area (Å²) in [4.78, 5) is 26.8. The first-order valence-electron chi connectivity index (χ1n) is 10.5. The summed E-state index contributed by atoms with van der Waals surface area (Å²) in [7, 11) is 1.51. The van der Waals surface area contributed by atoms with E-state index in [1.165, 1.54) is 18.4 Å². The van der Waals surface area contributed by atoms with E-state index >= 15 is 0 Å². The number of anilines is 1. The maximum atomic E-state index is 12.5. The Morgan fingerprint density at radius 1 is 1.33 bits per heavy atom. The Labute approximate surface area is 200 Å². The van der Waals surface area contributed by atoms with Gasteiger partial charge in [0.25, 0.3) is 0 Å². The van der Waals surface area contributed by atoms with E-state index in [4.69, 9.17) is 11.6 Å². The second-order valence-corrected chi connectivity index (χ2v) is 10.3. The number of carbonyl (C=O) groups is 1. The van der Waals surface area contributed by atoms with E-state index in [-0.39, 0.29) is 24.2 Å². The van der Waals surface area contributed by atoms with Gasteiger partial charge in [-0.3, -0.25) is 4.79 Å². The Hall–Kier alpha value is -2.71. The van der Waals surface area contributed by atoms with Gasteiger partial charge >= 0.3 is 0 Å². The summed E-state index contributed by atoms with van der Waals surface area (Å²) >= 11 is 7.35. The minimum absolute atomic E-state index is 0.0839. The fourth-order valence-corrected chi connectivity index (χ4v) is 5.02. The monoisotopic (exact) mass is 488 g/mol. The van der Waals surface area contributed by atoms with Gasteiger partial charge in [-0.25, -0.2) is 15.0 Å². The first kappa shape index (κ1) is 23.4. The van der Waals surface area contributed by atoms with E-state index in [9.17, 15) is 15.0 Å². The van der Waals surface area contributed by atoms with E-state index in [1.807, 2.05) is 19.9 Å². The van der Waals surface area contributed by atoms with Gasteiger partial charge in [0, 0.05) is 13.1 Å². The third-order valence-electron chi connectivity index (χ3n) is 5.82. The highest BCUT2D eigenvalue weighted by Gasteiger charge is 2.54. The van der Waals surface area contributed by atoms with Crippen molar-refractivity contribution in [1.82, 2.24) is 24.8 Å². The molecule has 0 bridgehead atoms. The van der Waals surface area contributed by atoms with Crippen molar-refractivity contribution >= 4 is 45.8 Å².